The van der Waals surface area contributed by atoms with Crippen molar-refractivity contribution < 1.29 is 4.39 Å². The summed E-state index contributed by atoms with van der Waals surface area (Å²) in [6, 6.07) is 9.48. The van der Waals surface area contributed by atoms with Crippen LogP contribution in [0.15, 0.2) is 30.3 Å². The topological polar surface area (TPSA) is 26.0 Å². The van der Waals surface area contributed by atoms with E-state index in [1.165, 1.54) is 17.2 Å². The van der Waals surface area contributed by atoms with Crippen LogP contribution < -0.4 is 5.73 Å². The third-order valence-electron chi connectivity index (χ3n) is 4.05. The minimum atomic E-state index is -0.140. The van der Waals surface area contributed by atoms with Crippen LogP contribution in [0.5, 0.6) is 0 Å². The summed E-state index contributed by atoms with van der Waals surface area (Å²) in [6.45, 7) is 4.64. The zero-order valence-electron chi connectivity index (χ0n) is 10.6. The first-order valence-corrected chi connectivity index (χ1v) is 6.24. The molecule has 1 nitrogen and oxygen atoms in total. The van der Waals surface area contributed by atoms with Gasteiger partial charge < -0.3 is 5.73 Å². The van der Waals surface area contributed by atoms with Crippen LogP contribution in [0.25, 0.3) is 11.1 Å². The Morgan fingerprint density at radius 2 is 1.78 bits per heavy atom. The maximum Gasteiger partial charge on any atom is 0.131 e. The first kappa shape index (κ1) is 11.4. The Bertz CT molecular complexity index is 631. The first-order chi connectivity index (χ1) is 8.65. The average Bonchev–Trinajstić information content (AvgIpc) is 2.69. The Balaban J connectivity index is 2.41. The lowest BCUT2D eigenvalue weighted by Gasteiger charge is -2.11. The van der Waals surface area contributed by atoms with Crippen LogP contribution >= 0.6 is 0 Å². The smallest absolute Gasteiger partial charge is 0.131 e. The van der Waals surface area contributed by atoms with Crippen molar-refractivity contribution in [1.82, 2.24) is 0 Å². The summed E-state index contributed by atoms with van der Waals surface area (Å²) in [7, 11) is 0. The fourth-order valence-electron chi connectivity index (χ4n) is 2.98. The highest BCUT2D eigenvalue weighted by Gasteiger charge is 2.31. The van der Waals surface area contributed by atoms with Gasteiger partial charge in [0.05, 0.1) is 0 Å². The van der Waals surface area contributed by atoms with Gasteiger partial charge in [0.25, 0.3) is 0 Å². The predicted molar refractivity (Wildman–Crippen MR) is 72.2 cm³/mol. The van der Waals surface area contributed by atoms with E-state index in [-0.39, 0.29) is 11.7 Å². The molecule has 2 aromatic rings. The van der Waals surface area contributed by atoms with Crippen LogP contribution in [0.3, 0.4) is 0 Å². The van der Waals surface area contributed by atoms with Crippen LogP contribution in [0.4, 0.5) is 4.39 Å². The molecule has 92 valence electrons. The normalized spacial score (nSPS) is 16.6. The average molecular weight is 241 g/mol. The van der Waals surface area contributed by atoms with Gasteiger partial charge in [0.1, 0.15) is 5.82 Å². The number of halogens is 1. The molecular formula is C16H16FN. The van der Waals surface area contributed by atoms with Crippen LogP contribution in [-0.2, 0) is 0 Å². The third kappa shape index (κ3) is 1.36. The van der Waals surface area contributed by atoms with Gasteiger partial charge >= 0.3 is 0 Å². The fourth-order valence-corrected chi connectivity index (χ4v) is 2.98. The van der Waals surface area contributed by atoms with Crippen LogP contribution in [-0.4, -0.2) is 6.54 Å². The molecule has 0 saturated carbocycles. The van der Waals surface area contributed by atoms with E-state index in [4.69, 9.17) is 5.73 Å². The lowest BCUT2D eigenvalue weighted by Crippen LogP contribution is -2.11. The molecule has 18 heavy (non-hydrogen) atoms. The molecule has 0 aliphatic heterocycles. The van der Waals surface area contributed by atoms with Gasteiger partial charge in [0.2, 0.25) is 0 Å². The van der Waals surface area contributed by atoms with E-state index in [9.17, 15) is 4.39 Å². The lowest BCUT2D eigenvalue weighted by atomic mass is 9.94. The highest BCUT2D eigenvalue weighted by Crippen LogP contribution is 2.47. The predicted octanol–water partition coefficient (Wildman–Crippen LogP) is 3.51. The first-order valence-electron chi connectivity index (χ1n) is 6.24. The Morgan fingerprint density at radius 1 is 1.06 bits per heavy atom. The number of aryl methyl sites for hydroxylation is 1. The molecular weight excluding hydrogens is 225 g/mol. The van der Waals surface area contributed by atoms with Crippen molar-refractivity contribution in [1.29, 1.82) is 0 Å². The zero-order valence-corrected chi connectivity index (χ0v) is 10.6. The van der Waals surface area contributed by atoms with Crippen molar-refractivity contribution in [3.05, 3.63) is 58.4 Å². The van der Waals surface area contributed by atoms with E-state index in [0.717, 1.165) is 22.3 Å². The maximum absolute atomic E-state index is 14.2. The summed E-state index contributed by atoms with van der Waals surface area (Å²) in [5.74, 6) is -0.0107. The molecule has 1 aliphatic rings. The molecule has 0 amide bonds. The Kier molecular flexibility index (Phi) is 2.49. The second-order valence-corrected chi connectivity index (χ2v) is 4.96. The molecule has 3 rings (SSSR count). The summed E-state index contributed by atoms with van der Waals surface area (Å²) >= 11 is 0. The quantitative estimate of drug-likeness (QED) is 0.812. The van der Waals surface area contributed by atoms with Gasteiger partial charge in [-0.2, -0.15) is 0 Å². The molecule has 0 aromatic heterocycles. The van der Waals surface area contributed by atoms with Crippen LogP contribution in [0.1, 0.15) is 28.2 Å². The van der Waals surface area contributed by atoms with Gasteiger partial charge in [0.15, 0.2) is 0 Å². The van der Waals surface area contributed by atoms with Crippen molar-refractivity contribution >= 4 is 0 Å². The summed E-state index contributed by atoms with van der Waals surface area (Å²) < 4.78 is 14.2. The number of hydrogen-bond donors (Lipinski definition) is 1. The van der Waals surface area contributed by atoms with E-state index in [0.29, 0.717) is 6.54 Å². The van der Waals surface area contributed by atoms with Gasteiger partial charge in [0, 0.05) is 18.0 Å². The Labute approximate surface area is 106 Å². The largest absolute Gasteiger partial charge is 0.330 e. The molecule has 0 radical (unpaired) electrons. The van der Waals surface area contributed by atoms with Crippen molar-refractivity contribution in [3.63, 3.8) is 0 Å². The van der Waals surface area contributed by atoms with Crippen molar-refractivity contribution in [2.75, 3.05) is 6.54 Å². The van der Waals surface area contributed by atoms with E-state index in [2.05, 4.69) is 26.0 Å². The van der Waals surface area contributed by atoms with Gasteiger partial charge in [-0.1, -0.05) is 24.3 Å². The Morgan fingerprint density at radius 3 is 2.50 bits per heavy atom. The monoisotopic (exact) mass is 241 g/mol. The molecule has 1 atom stereocenters. The minimum absolute atomic E-state index is 0.130. The van der Waals surface area contributed by atoms with Gasteiger partial charge in [-0.15, -0.1) is 0 Å². The van der Waals surface area contributed by atoms with Gasteiger partial charge in [-0.05, 0) is 47.7 Å². The molecule has 0 heterocycles. The molecule has 0 fully saturated rings. The van der Waals surface area contributed by atoms with Crippen molar-refractivity contribution in [3.8, 4) is 11.1 Å². The number of hydrogen-bond acceptors (Lipinski definition) is 1. The fraction of sp³-hybridized carbons (Fsp3) is 0.250. The SMILES string of the molecule is Cc1ccc2c(c1C)-c1c(F)cccc1C2CN. The standard InChI is InChI=1S/C16H16FN/c1-9-6-7-12-13(8-18)11-4-3-5-14(17)16(11)15(12)10(9)2/h3-7,13H,8,18H2,1-2H3. The van der Waals surface area contributed by atoms with Gasteiger partial charge in [-0.25, -0.2) is 4.39 Å². The zero-order chi connectivity index (χ0) is 12.9. The molecule has 1 unspecified atom stereocenters. The lowest BCUT2D eigenvalue weighted by molar-refractivity contribution is 0.630. The van der Waals surface area contributed by atoms with Crippen LogP contribution in [0, 0.1) is 19.7 Å². The highest BCUT2D eigenvalue weighted by molar-refractivity contribution is 5.82. The molecule has 1 aliphatic carbocycles. The number of benzene rings is 2. The van der Waals surface area contributed by atoms with E-state index in [1.807, 2.05) is 6.07 Å². The molecule has 0 saturated heterocycles. The molecule has 0 bridgehead atoms. The number of rotatable bonds is 1. The summed E-state index contributed by atoms with van der Waals surface area (Å²) in [6.07, 6.45) is 0. The minimum Gasteiger partial charge on any atom is -0.330 e. The van der Waals surface area contributed by atoms with E-state index >= 15 is 0 Å². The number of nitrogens with two attached hydrogens (primary N) is 1. The summed E-state index contributed by atoms with van der Waals surface area (Å²) in [5, 5.41) is 0. The molecule has 2 N–H and O–H groups in total. The van der Waals surface area contributed by atoms with E-state index < -0.39 is 0 Å². The maximum atomic E-state index is 14.2. The summed E-state index contributed by atoms with van der Waals surface area (Å²) in [4.78, 5) is 0. The highest BCUT2D eigenvalue weighted by atomic mass is 19.1. The van der Waals surface area contributed by atoms with Gasteiger partial charge in [-0.3, -0.25) is 0 Å². The van der Waals surface area contributed by atoms with E-state index in [1.54, 1.807) is 6.07 Å². The molecule has 0 spiro atoms. The molecule has 2 heteroatoms. The number of fused-ring (bicyclic) bond motifs is 3. The third-order valence-corrected chi connectivity index (χ3v) is 4.05. The van der Waals surface area contributed by atoms with Crippen molar-refractivity contribution in [2.24, 2.45) is 5.73 Å². The second-order valence-electron chi connectivity index (χ2n) is 4.96. The second kappa shape index (κ2) is 3.92. The van der Waals surface area contributed by atoms with Crippen molar-refractivity contribution in [2.45, 2.75) is 19.8 Å². The Hall–Kier alpha value is -1.67. The molecule has 2 aromatic carbocycles. The summed E-state index contributed by atoms with van der Waals surface area (Å²) in [5.41, 5.74) is 12.2. The van der Waals surface area contributed by atoms with Crippen LogP contribution in [0.2, 0.25) is 0 Å².